The van der Waals surface area contributed by atoms with Crippen molar-refractivity contribution in [3.05, 3.63) is 54.1 Å². The summed E-state index contributed by atoms with van der Waals surface area (Å²) in [6, 6.07) is 15.2. The average Bonchev–Trinajstić information content (AvgIpc) is 2.95. The van der Waals surface area contributed by atoms with E-state index in [1.54, 1.807) is 7.11 Å². The molecule has 2 aromatic carbocycles. The van der Waals surface area contributed by atoms with Crippen molar-refractivity contribution in [3.8, 4) is 11.5 Å². The van der Waals surface area contributed by atoms with Crippen LogP contribution in [0.1, 0.15) is 12.0 Å². The summed E-state index contributed by atoms with van der Waals surface area (Å²) in [5, 5.41) is 9.59. The fourth-order valence-corrected chi connectivity index (χ4v) is 2.11. The maximum Gasteiger partial charge on any atom is 0.491 e. The Morgan fingerprint density at radius 1 is 1.17 bits per heavy atom. The van der Waals surface area contributed by atoms with E-state index >= 15 is 0 Å². The van der Waals surface area contributed by atoms with E-state index in [1.165, 1.54) is 0 Å². The van der Waals surface area contributed by atoms with Crippen LogP contribution in [0.3, 0.4) is 0 Å². The number of hydrogen-bond acceptors (Lipinski definition) is 5. The zero-order valence-corrected chi connectivity index (χ0v) is 13.3. The van der Waals surface area contributed by atoms with Gasteiger partial charge < -0.3 is 24.9 Å². The summed E-state index contributed by atoms with van der Waals surface area (Å²) in [6.07, 6.45) is 0.969. The van der Waals surface area contributed by atoms with E-state index in [0.29, 0.717) is 12.4 Å². The van der Waals surface area contributed by atoms with Crippen LogP contribution in [0, 0.1) is 0 Å². The van der Waals surface area contributed by atoms with E-state index < -0.39 is 7.12 Å². The summed E-state index contributed by atoms with van der Waals surface area (Å²) in [4.78, 5) is 0. The number of hydrogen-bond donors (Lipinski definition) is 2. The van der Waals surface area contributed by atoms with E-state index in [0.717, 1.165) is 36.3 Å². The van der Waals surface area contributed by atoms with Crippen molar-refractivity contribution in [3.63, 3.8) is 0 Å². The fraction of sp³-hybridized carbons (Fsp3) is 0.294. The highest BCUT2D eigenvalue weighted by Crippen LogP contribution is 2.22. The maximum atomic E-state index is 9.59. The van der Waals surface area contributed by atoms with Crippen molar-refractivity contribution in [1.82, 2.24) is 0 Å². The molecule has 0 spiro atoms. The summed E-state index contributed by atoms with van der Waals surface area (Å²) in [7, 11) is 0.847. The third-order valence-electron chi connectivity index (χ3n) is 3.31. The SMILES string of the molecule is COCCCN.OB1OCc2ccc(Oc3ccccc3)cc21. The van der Waals surface area contributed by atoms with Crippen molar-refractivity contribution < 1.29 is 19.2 Å². The molecular weight excluding hydrogens is 293 g/mol. The van der Waals surface area contributed by atoms with Crippen LogP contribution in [0.4, 0.5) is 0 Å². The summed E-state index contributed by atoms with van der Waals surface area (Å²) in [5.74, 6) is 1.49. The third kappa shape index (κ3) is 5.37. The largest absolute Gasteiger partial charge is 0.491 e. The molecule has 6 heteroatoms. The Bertz CT molecular complexity index is 590. The summed E-state index contributed by atoms with van der Waals surface area (Å²) < 4.78 is 15.5. The molecule has 122 valence electrons. The highest BCUT2D eigenvalue weighted by molar-refractivity contribution is 6.61. The predicted molar refractivity (Wildman–Crippen MR) is 90.9 cm³/mol. The Morgan fingerprint density at radius 3 is 2.61 bits per heavy atom. The smallest absolute Gasteiger partial charge is 0.457 e. The lowest BCUT2D eigenvalue weighted by molar-refractivity contribution is 0.197. The summed E-state index contributed by atoms with van der Waals surface area (Å²) >= 11 is 0. The van der Waals surface area contributed by atoms with Crippen molar-refractivity contribution in [2.24, 2.45) is 5.73 Å². The minimum Gasteiger partial charge on any atom is -0.457 e. The predicted octanol–water partition coefficient (Wildman–Crippen LogP) is 1.68. The number of rotatable bonds is 5. The molecule has 5 nitrogen and oxygen atoms in total. The lowest BCUT2D eigenvalue weighted by atomic mass is 9.79. The van der Waals surface area contributed by atoms with Gasteiger partial charge in [-0.1, -0.05) is 24.3 Å². The van der Waals surface area contributed by atoms with Crippen LogP contribution < -0.4 is 15.9 Å². The molecule has 2 aromatic rings. The van der Waals surface area contributed by atoms with Gasteiger partial charge in [0.2, 0.25) is 0 Å². The van der Waals surface area contributed by atoms with E-state index in [4.69, 9.17) is 19.9 Å². The van der Waals surface area contributed by atoms with Crippen molar-refractivity contribution in [2.45, 2.75) is 13.0 Å². The molecule has 0 amide bonds. The molecule has 0 aromatic heterocycles. The highest BCUT2D eigenvalue weighted by atomic mass is 16.5. The van der Waals surface area contributed by atoms with Gasteiger partial charge in [0.1, 0.15) is 11.5 Å². The lowest BCUT2D eigenvalue weighted by Crippen LogP contribution is -2.27. The Morgan fingerprint density at radius 2 is 1.96 bits per heavy atom. The molecule has 1 aliphatic rings. The normalized spacial score (nSPS) is 12.4. The Hall–Kier alpha value is -1.86. The van der Waals surface area contributed by atoms with Gasteiger partial charge in [0.05, 0.1) is 6.61 Å². The van der Waals surface area contributed by atoms with E-state index in [2.05, 4.69) is 0 Å². The quantitative estimate of drug-likeness (QED) is 0.649. The molecule has 0 saturated carbocycles. The molecule has 3 N–H and O–H groups in total. The molecule has 1 aliphatic heterocycles. The van der Waals surface area contributed by atoms with Crippen LogP contribution in [0.25, 0.3) is 0 Å². The van der Waals surface area contributed by atoms with Gasteiger partial charge in [-0.3, -0.25) is 0 Å². The molecule has 0 saturated heterocycles. The van der Waals surface area contributed by atoms with Gasteiger partial charge in [-0.25, -0.2) is 0 Å². The molecule has 0 unspecified atom stereocenters. The first-order chi connectivity index (χ1) is 11.2. The molecule has 3 rings (SSSR count). The van der Waals surface area contributed by atoms with Gasteiger partial charge in [0.25, 0.3) is 0 Å². The molecule has 23 heavy (non-hydrogen) atoms. The fourth-order valence-electron chi connectivity index (χ4n) is 2.11. The second-order valence-electron chi connectivity index (χ2n) is 5.07. The number of fused-ring (bicyclic) bond motifs is 1. The third-order valence-corrected chi connectivity index (χ3v) is 3.31. The summed E-state index contributed by atoms with van der Waals surface area (Å²) in [5.41, 5.74) is 6.94. The van der Waals surface area contributed by atoms with E-state index in [1.807, 2.05) is 48.5 Å². The monoisotopic (exact) mass is 315 g/mol. The Labute approximate surface area is 137 Å². The number of methoxy groups -OCH3 is 1. The summed E-state index contributed by atoms with van der Waals surface area (Å²) in [6.45, 7) is 1.98. The maximum absolute atomic E-state index is 9.59. The Balaban J connectivity index is 0.000000277. The molecule has 0 atom stereocenters. The molecule has 1 heterocycles. The molecule has 0 fully saturated rings. The van der Waals surface area contributed by atoms with Gasteiger partial charge in [-0.2, -0.15) is 0 Å². The van der Waals surface area contributed by atoms with Crippen molar-refractivity contribution in [1.29, 1.82) is 0 Å². The number of para-hydroxylation sites is 1. The van der Waals surface area contributed by atoms with Gasteiger partial charge in [0, 0.05) is 13.7 Å². The number of ether oxygens (including phenoxy) is 2. The van der Waals surface area contributed by atoms with Crippen LogP contribution in [-0.4, -0.2) is 32.4 Å². The van der Waals surface area contributed by atoms with Crippen LogP contribution in [0.15, 0.2) is 48.5 Å². The van der Waals surface area contributed by atoms with E-state index in [-0.39, 0.29) is 0 Å². The zero-order valence-electron chi connectivity index (χ0n) is 13.3. The molecular formula is C17H22BNO4. The van der Waals surface area contributed by atoms with Crippen LogP contribution in [-0.2, 0) is 16.0 Å². The van der Waals surface area contributed by atoms with Gasteiger partial charge in [0.15, 0.2) is 0 Å². The molecule has 0 radical (unpaired) electrons. The minimum atomic E-state index is -0.829. The average molecular weight is 315 g/mol. The molecule has 0 bridgehead atoms. The second-order valence-corrected chi connectivity index (χ2v) is 5.07. The highest BCUT2D eigenvalue weighted by Gasteiger charge is 2.27. The van der Waals surface area contributed by atoms with Crippen LogP contribution >= 0.6 is 0 Å². The minimum absolute atomic E-state index is 0.460. The van der Waals surface area contributed by atoms with Crippen molar-refractivity contribution in [2.75, 3.05) is 20.3 Å². The number of nitrogens with two attached hydrogens (primary N) is 1. The van der Waals surface area contributed by atoms with Gasteiger partial charge in [-0.05, 0) is 48.3 Å². The standard InChI is InChI=1S/C13H11BO3.C4H11NO/c15-14-13-8-12(7-6-10(13)9-16-14)17-11-4-2-1-3-5-11;1-6-4-2-3-5/h1-8,15H,9H2;2-5H2,1H3. The Kier molecular flexibility index (Phi) is 7.09. The van der Waals surface area contributed by atoms with Gasteiger partial charge >= 0.3 is 7.12 Å². The first-order valence-electron chi connectivity index (χ1n) is 7.59. The van der Waals surface area contributed by atoms with Crippen LogP contribution in [0.2, 0.25) is 0 Å². The van der Waals surface area contributed by atoms with Gasteiger partial charge in [-0.15, -0.1) is 0 Å². The number of benzene rings is 2. The van der Waals surface area contributed by atoms with Crippen LogP contribution in [0.5, 0.6) is 11.5 Å². The second kappa shape index (κ2) is 9.32. The topological polar surface area (TPSA) is 73.9 Å². The molecule has 0 aliphatic carbocycles. The zero-order chi connectivity index (χ0) is 16.5. The first-order valence-corrected chi connectivity index (χ1v) is 7.59. The van der Waals surface area contributed by atoms with Crippen molar-refractivity contribution >= 4 is 12.6 Å². The first kappa shape index (κ1) is 17.5. The lowest BCUT2D eigenvalue weighted by Gasteiger charge is -2.07. The van der Waals surface area contributed by atoms with E-state index in [9.17, 15) is 5.02 Å².